The van der Waals surface area contributed by atoms with Gasteiger partial charge in [0.1, 0.15) is 11.9 Å². The number of nitrogens with zero attached hydrogens (tertiary/aromatic N) is 3. The zero-order valence-electron chi connectivity index (χ0n) is 19.0. The Balaban J connectivity index is 1.18. The number of carboxylic acid groups (broad SMARTS) is 1. The summed E-state index contributed by atoms with van der Waals surface area (Å²) < 4.78 is 23.7. The normalized spacial score (nSPS) is 18.0. The van der Waals surface area contributed by atoms with Crippen LogP contribution in [0.2, 0.25) is 0 Å². The Kier molecular flexibility index (Phi) is 6.32. The monoisotopic (exact) mass is 465 g/mol. The summed E-state index contributed by atoms with van der Waals surface area (Å²) in [7, 11) is 0. The molecule has 2 aromatic carbocycles. The summed E-state index contributed by atoms with van der Waals surface area (Å²) in [6, 6.07) is 14.9. The fourth-order valence-corrected chi connectivity index (χ4v) is 5.24. The second-order valence-electron chi connectivity index (χ2n) is 9.40. The van der Waals surface area contributed by atoms with Crippen LogP contribution in [0.1, 0.15) is 49.1 Å². The Morgan fingerprint density at radius 2 is 1.82 bits per heavy atom. The van der Waals surface area contributed by atoms with Crippen molar-refractivity contribution in [3.05, 3.63) is 71.4 Å². The first-order chi connectivity index (χ1) is 16.5. The SMILES string of the molecule is O=C(O)OC1CN(Cc2ccc(-c3noc(CCC4(c5ccc(F)cc5)CCCC4)n3)cc2)C1. The Bertz CT molecular complexity index is 1120. The summed E-state index contributed by atoms with van der Waals surface area (Å²) in [6.45, 7) is 1.96. The number of benzene rings is 2. The number of aryl methyl sites for hydroxylation is 1. The zero-order chi connectivity index (χ0) is 23.5. The summed E-state index contributed by atoms with van der Waals surface area (Å²) >= 11 is 0. The molecule has 0 spiro atoms. The molecule has 1 saturated heterocycles. The number of rotatable bonds is 8. The maximum Gasteiger partial charge on any atom is 0.506 e. The molecule has 34 heavy (non-hydrogen) atoms. The minimum atomic E-state index is -1.22. The highest BCUT2D eigenvalue weighted by Gasteiger charge is 2.35. The molecule has 1 aliphatic carbocycles. The van der Waals surface area contributed by atoms with Crippen molar-refractivity contribution in [1.82, 2.24) is 15.0 Å². The van der Waals surface area contributed by atoms with Crippen molar-refractivity contribution in [2.45, 2.75) is 56.6 Å². The predicted molar refractivity (Wildman–Crippen MR) is 123 cm³/mol. The lowest BCUT2D eigenvalue weighted by atomic mass is 9.75. The fraction of sp³-hybridized carbons (Fsp3) is 0.423. The summed E-state index contributed by atoms with van der Waals surface area (Å²) in [5.74, 6) is 0.992. The lowest BCUT2D eigenvalue weighted by Gasteiger charge is -2.37. The van der Waals surface area contributed by atoms with E-state index in [9.17, 15) is 9.18 Å². The summed E-state index contributed by atoms with van der Waals surface area (Å²) in [5.41, 5.74) is 3.27. The van der Waals surface area contributed by atoms with E-state index in [-0.39, 0.29) is 17.3 Å². The topological polar surface area (TPSA) is 88.7 Å². The third-order valence-corrected chi connectivity index (χ3v) is 7.11. The molecular weight excluding hydrogens is 437 g/mol. The molecule has 0 radical (unpaired) electrons. The van der Waals surface area contributed by atoms with Crippen LogP contribution in [-0.4, -0.2) is 45.5 Å². The third kappa shape index (κ3) is 4.97. The van der Waals surface area contributed by atoms with Gasteiger partial charge in [0, 0.05) is 31.6 Å². The van der Waals surface area contributed by atoms with Gasteiger partial charge in [0.2, 0.25) is 11.7 Å². The zero-order valence-corrected chi connectivity index (χ0v) is 19.0. The van der Waals surface area contributed by atoms with Crippen molar-refractivity contribution < 1.29 is 23.6 Å². The average molecular weight is 466 g/mol. The minimum absolute atomic E-state index is 0.0509. The number of ether oxygens (including phenoxy) is 1. The molecule has 2 aliphatic rings. The Morgan fingerprint density at radius 1 is 1.12 bits per heavy atom. The van der Waals surface area contributed by atoms with Crippen molar-refractivity contribution >= 4 is 6.16 Å². The van der Waals surface area contributed by atoms with E-state index in [4.69, 9.17) is 14.4 Å². The minimum Gasteiger partial charge on any atom is -0.450 e. The van der Waals surface area contributed by atoms with E-state index in [2.05, 4.69) is 15.0 Å². The van der Waals surface area contributed by atoms with E-state index >= 15 is 0 Å². The molecule has 1 N–H and O–H groups in total. The largest absolute Gasteiger partial charge is 0.506 e. The smallest absolute Gasteiger partial charge is 0.450 e. The van der Waals surface area contributed by atoms with Crippen LogP contribution in [0.15, 0.2) is 53.1 Å². The van der Waals surface area contributed by atoms with Gasteiger partial charge in [-0.1, -0.05) is 54.4 Å². The number of halogens is 1. The number of aromatic nitrogens is 2. The standard InChI is InChI=1S/C26H28FN3O4/c27-21-9-7-20(8-10-21)26(12-1-2-13-26)14-11-23-28-24(29-34-23)19-5-3-18(4-6-19)15-30-16-22(17-30)33-25(31)32/h3-10,22H,1-2,11-17H2,(H,31,32). The van der Waals surface area contributed by atoms with Crippen LogP contribution in [-0.2, 0) is 23.1 Å². The van der Waals surface area contributed by atoms with Crippen LogP contribution in [0.5, 0.6) is 0 Å². The van der Waals surface area contributed by atoms with Gasteiger partial charge in [0.25, 0.3) is 0 Å². The first-order valence-electron chi connectivity index (χ1n) is 11.8. The highest BCUT2D eigenvalue weighted by Crippen LogP contribution is 2.44. The highest BCUT2D eigenvalue weighted by molar-refractivity contribution is 5.57. The first-order valence-corrected chi connectivity index (χ1v) is 11.8. The Morgan fingerprint density at radius 3 is 2.50 bits per heavy atom. The predicted octanol–water partition coefficient (Wildman–Crippen LogP) is 5.20. The molecule has 3 aromatic rings. The van der Waals surface area contributed by atoms with Crippen molar-refractivity contribution in [3.63, 3.8) is 0 Å². The molecule has 0 amide bonds. The molecule has 1 saturated carbocycles. The quantitative estimate of drug-likeness (QED) is 0.458. The van der Waals surface area contributed by atoms with E-state index in [1.165, 1.54) is 18.4 Å². The Labute approximate surface area is 197 Å². The average Bonchev–Trinajstić information content (AvgIpc) is 3.48. The molecule has 2 fully saturated rings. The van der Waals surface area contributed by atoms with Crippen molar-refractivity contribution in [2.75, 3.05) is 13.1 Å². The molecule has 7 nitrogen and oxygen atoms in total. The van der Waals surface area contributed by atoms with Crippen molar-refractivity contribution in [2.24, 2.45) is 0 Å². The van der Waals surface area contributed by atoms with E-state index in [1.54, 1.807) is 12.1 Å². The molecule has 5 rings (SSSR count). The van der Waals surface area contributed by atoms with Crippen LogP contribution in [0, 0.1) is 5.82 Å². The van der Waals surface area contributed by atoms with Gasteiger partial charge in [-0.3, -0.25) is 4.90 Å². The second-order valence-corrected chi connectivity index (χ2v) is 9.40. The second kappa shape index (κ2) is 9.54. The van der Waals surface area contributed by atoms with Gasteiger partial charge in [-0.05, 0) is 47.9 Å². The van der Waals surface area contributed by atoms with Crippen LogP contribution < -0.4 is 0 Å². The lowest BCUT2D eigenvalue weighted by molar-refractivity contribution is -0.0363. The summed E-state index contributed by atoms with van der Waals surface area (Å²) in [6.07, 6.45) is 4.71. The van der Waals surface area contributed by atoms with Gasteiger partial charge in [-0.2, -0.15) is 4.98 Å². The highest BCUT2D eigenvalue weighted by atomic mass is 19.1. The van der Waals surface area contributed by atoms with E-state index in [1.807, 2.05) is 36.4 Å². The van der Waals surface area contributed by atoms with Gasteiger partial charge in [0.05, 0.1) is 0 Å². The van der Waals surface area contributed by atoms with E-state index in [0.29, 0.717) is 31.2 Å². The molecule has 1 aromatic heterocycles. The number of likely N-dealkylation sites (tertiary alicyclic amines) is 1. The van der Waals surface area contributed by atoms with Gasteiger partial charge >= 0.3 is 6.16 Å². The van der Waals surface area contributed by atoms with E-state index < -0.39 is 6.16 Å². The molecule has 1 aliphatic heterocycles. The van der Waals surface area contributed by atoms with Crippen LogP contribution in [0.4, 0.5) is 9.18 Å². The molecular formula is C26H28FN3O4. The number of hydrogen-bond acceptors (Lipinski definition) is 6. The lowest BCUT2D eigenvalue weighted by Crippen LogP contribution is -2.52. The summed E-state index contributed by atoms with van der Waals surface area (Å²) in [5, 5.41) is 12.8. The number of carbonyl (C=O) groups is 1. The maximum absolute atomic E-state index is 13.4. The van der Waals surface area contributed by atoms with Crippen LogP contribution in [0.3, 0.4) is 0 Å². The Hall–Kier alpha value is -3.26. The van der Waals surface area contributed by atoms with Crippen LogP contribution >= 0.6 is 0 Å². The maximum atomic E-state index is 13.4. The molecule has 178 valence electrons. The van der Waals surface area contributed by atoms with Crippen LogP contribution in [0.25, 0.3) is 11.4 Å². The van der Waals surface area contributed by atoms with Crippen molar-refractivity contribution in [3.8, 4) is 11.4 Å². The third-order valence-electron chi connectivity index (χ3n) is 7.11. The van der Waals surface area contributed by atoms with Gasteiger partial charge < -0.3 is 14.4 Å². The summed E-state index contributed by atoms with van der Waals surface area (Å²) in [4.78, 5) is 17.3. The molecule has 2 heterocycles. The van der Waals surface area contributed by atoms with Crippen molar-refractivity contribution in [1.29, 1.82) is 0 Å². The fourth-order valence-electron chi connectivity index (χ4n) is 5.24. The molecule has 0 bridgehead atoms. The molecule has 0 atom stereocenters. The van der Waals surface area contributed by atoms with Gasteiger partial charge in [-0.25, -0.2) is 9.18 Å². The first kappa shape index (κ1) is 22.5. The molecule has 0 unspecified atom stereocenters. The van der Waals surface area contributed by atoms with Gasteiger partial charge in [0.15, 0.2) is 0 Å². The van der Waals surface area contributed by atoms with E-state index in [0.717, 1.165) is 36.9 Å². The van der Waals surface area contributed by atoms with Gasteiger partial charge in [-0.15, -0.1) is 0 Å². The molecule has 8 heteroatoms. The number of hydrogen-bond donors (Lipinski definition) is 1.